The number of nitrogens with zero attached hydrogens (tertiary/aromatic N) is 5. The summed E-state index contributed by atoms with van der Waals surface area (Å²) in [4.78, 5) is 25.7. The van der Waals surface area contributed by atoms with Gasteiger partial charge in [-0.05, 0) is 55.0 Å². The first-order valence-corrected chi connectivity index (χ1v) is 13.4. The molecule has 0 saturated carbocycles. The number of aryl methyl sites for hydroxylation is 1. The van der Waals surface area contributed by atoms with E-state index < -0.39 is 0 Å². The van der Waals surface area contributed by atoms with Crippen molar-refractivity contribution in [2.75, 3.05) is 45.3 Å². The minimum atomic E-state index is -0.239. The largest absolute Gasteiger partial charge is 0.496 e. The van der Waals surface area contributed by atoms with E-state index in [0.29, 0.717) is 11.0 Å². The topological polar surface area (TPSA) is 88.0 Å². The Bertz CT molecular complexity index is 1760. The first kappa shape index (κ1) is 25.6. The second-order valence-electron chi connectivity index (χ2n) is 10.0. The van der Waals surface area contributed by atoms with Gasteiger partial charge in [0.25, 0.3) is 5.56 Å². The van der Waals surface area contributed by atoms with Crippen LogP contribution >= 0.6 is 0 Å². The summed E-state index contributed by atoms with van der Waals surface area (Å²) in [6.45, 7) is 6.45. The van der Waals surface area contributed by atoms with Gasteiger partial charge in [0.15, 0.2) is 0 Å². The molecule has 0 unspecified atom stereocenters. The number of aromatic amines is 1. The van der Waals surface area contributed by atoms with Crippen molar-refractivity contribution in [3.05, 3.63) is 94.0 Å². The zero-order valence-electron chi connectivity index (χ0n) is 22.9. The highest BCUT2D eigenvalue weighted by atomic mass is 16.5. The van der Waals surface area contributed by atoms with Crippen molar-refractivity contribution < 1.29 is 9.47 Å². The maximum Gasteiger partial charge on any atom is 0.298 e. The van der Waals surface area contributed by atoms with Crippen LogP contribution in [0.1, 0.15) is 16.7 Å². The molecule has 9 nitrogen and oxygen atoms in total. The predicted octanol–water partition coefficient (Wildman–Crippen LogP) is 4.41. The van der Waals surface area contributed by atoms with Crippen molar-refractivity contribution in [2.45, 2.75) is 13.5 Å². The number of methoxy groups -OCH3 is 2. The molecule has 204 valence electrons. The third-order valence-corrected chi connectivity index (χ3v) is 7.47. The van der Waals surface area contributed by atoms with Crippen LogP contribution in [0.5, 0.6) is 11.5 Å². The van der Waals surface area contributed by atoms with Crippen LogP contribution in [0.4, 0.5) is 5.69 Å². The molecule has 0 atom stereocenters. The van der Waals surface area contributed by atoms with Crippen LogP contribution in [0.15, 0.2) is 76.9 Å². The van der Waals surface area contributed by atoms with E-state index in [2.05, 4.69) is 37.0 Å². The fourth-order valence-electron chi connectivity index (χ4n) is 5.35. The average Bonchev–Trinajstić information content (AvgIpc) is 3.36. The average molecular weight is 537 g/mol. The summed E-state index contributed by atoms with van der Waals surface area (Å²) in [5, 5.41) is 5.38. The van der Waals surface area contributed by atoms with E-state index in [1.54, 1.807) is 20.4 Å². The van der Waals surface area contributed by atoms with Gasteiger partial charge in [-0.1, -0.05) is 23.8 Å². The number of piperazine rings is 1. The van der Waals surface area contributed by atoms with Gasteiger partial charge in [0.2, 0.25) is 0 Å². The SMILES string of the molecule is COc1ccc(/C=N/n2cnc3c([nH]c4ccc(C)cc43)c2=O)cc1CN1CCN(c2ccccc2OC)CC1. The summed E-state index contributed by atoms with van der Waals surface area (Å²) in [5.74, 6) is 1.73. The Balaban J connectivity index is 1.19. The normalized spacial score (nSPS) is 14.4. The Morgan fingerprint density at radius 1 is 0.975 bits per heavy atom. The highest BCUT2D eigenvalue weighted by molar-refractivity contribution is 6.04. The highest BCUT2D eigenvalue weighted by Crippen LogP contribution is 2.29. The number of H-pyrrole nitrogens is 1. The van der Waals surface area contributed by atoms with E-state index in [-0.39, 0.29) is 5.56 Å². The van der Waals surface area contributed by atoms with Gasteiger partial charge in [0, 0.05) is 49.2 Å². The van der Waals surface area contributed by atoms with Crippen molar-refractivity contribution in [2.24, 2.45) is 5.10 Å². The molecule has 0 spiro atoms. The fourth-order valence-corrected chi connectivity index (χ4v) is 5.35. The van der Waals surface area contributed by atoms with Gasteiger partial charge in [0.1, 0.15) is 28.9 Å². The Morgan fingerprint density at radius 2 is 1.77 bits per heavy atom. The summed E-state index contributed by atoms with van der Waals surface area (Å²) >= 11 is 0. The molecule has 9 heteroatoms. The highest BCUT2D eigenvalue weighted by Gasteiger charge is 2.20. The summed E-state index contributed by atoms with van der Waals surface area (Å²) in [6, 6.07) is 20.1. The summed E-state index contributed by atoms with van der Waals surface area (Å²) in [7, 11) is 3.40. The van der Waals surface area contributed by atoms with Gasteiger partial charge in [-0.3, -0.25) is 9.69 Å². The Kier molecular flexibility index (Phi) is 6.96. The number of benzene rings is 3. The van der Waals surface area contributed by atoms with Gasteiger partial charge in [-0.25, -0.2) is 4.98 Å². The molecule has 1 aliphatic rings. The zero-order valence-corrected chi connectivity index (χ0v) is 22.9. The van der Waals surface area contributed by atoms with Crippen molar-refractivity contribution in [1.29, 1.82) is 0 Å². The summed E-state index contributed by atoms with van der Waals surface area (Å²) in [6.07, 6.45) is 3.16. The number of anilines is 1. The number of para-hydroxylation sites is 2. The Labute approximate surface area is 232 Å². The van der Waals surface area contributed by atoms with Crippen LogP contribution in [0, 0.1) is 6.92 Å². The van der Waals surface area contributed by atoms with Gasteiger partial charge >= 0.3 is 0 Å². The molecule has 0 radical (unpaired) electrons. The number of ether oxygens (including phenoxy) is 2. The standard InChI is InChI=1S/C31H32N6O3/c1-21-8-10-25-24(16-21)29-30(34-25)31(38)37(20-32-29)33-18-22-9-11-27(39-2)23(17-22)19-35-12-14-36(15-13-35)26-6-4-5-7-28(26)40-3/h4-11,16-18,20,34H,12-15,19H2,1-3H3/b33-18+. The van der Waals surface area contributed by atoms with Crippen LogP contribution in [-0.2, 0) is 6.54 Å². The van der Waals surface area contributed by atoms with E-state index in [0.717, 1.165) is 77.5 Å². The number of nitrogens with one attached hydrogen (secondary N) is 1. The maximum absolute atomic E-state index is 13.1. The number of hydrogen-bond acceptors (Lipinski definition) is 7. The third kappa shape index (κ3) is 4.91. The molecule has 3 aromatic carbocycles. The minimum Gasteiger partial charge on any atom is -0.496 e. The van der Waals surface area contributed by atoms with Crippen LogP contribution in [0.2, 0.25) is 0 Å². The molecule has 40 heavy (non-hydrogen) atoms. The van der Waals surface area contributed by atoms with E-state index in [4.69, 9.17) is 9.47 Å². The van der Waals surface area contributed by atoms with Gasteiger partial charge < -0.3 is 19.4 Å². The second kappa shape index (κ2) is 10.9. The van der Waals surface area contributed by atoms with Crippen LogP contribution < -0.4 is 19.9 Å². The number of rotatable bonds is 7. The monoisotopic (exact) mass is 536 g/mol. The van der Waals surface area contributed by atoms with Crippen molar-refractivity contribution >= 4 is 33.8 Å². The molecule has 0 bridgehead atoms. The molecule has 0 amide bonds. The molecular formula is C31H32N6O3. The van der Waals surface area contributed by atoms with Crippen LogP contribution in [0.25, 0.3) is 21.9 Å². The maximum atomic E-state index is 13.1. The zero-order chi connectivity index (χ0) is 27.6. The van der Waals surface area contributed by atoms with Gasteiger partial charge in [0.05, 0.1) is 26.1 Å². The fraction of sp³-hybridized carbons (Fsp3) is 0.258. The smallest absolute Gasteiger partial charge is 0.298 e. The molecule has 1 aliphatic heterocycles. The third-order valence-electron chi connectivity index (χ3n) is 7.47. The summed E-state index contributed by atoms with van der Waals surface area (Å²) in [5.41, 5.74) is 5.95. The number of hydrogen-bond donors (Lipinski definition) is 1. The first-order valence-electron chi connectivity index (χ1n) is 13.4. The van der Waals surface area contributed by atoms with Gasteiger partial charge in [-0.2, -0.15) is 9.78 Å². The Hall–Kier alpha value is -4.63. The summed E-state index contributed by atoms with van der Waals surface area (Å²) < 4.78 is 12.5. The lowest BCUT2D eigenvalue weighted by atomic mass is 10.1. The minimum absolute atomic E-state index is 0.239. The van der Waals surface area contributed by atoms with Crippen LogP contribution in [0.3, 0.4) is 0 Å². The molecule has 6 rings (SSSR count). The molecule has 1 fully saturated rings. The molecule has 0 aliphatic carbocycles. The van der Waals surface area contributed by atoms with Gasteiger partial charge in [-0.15, -0.1) is 0 Å². The second-order valence-corrected chi connectivity index (χ2v) is 10.0. The van der Waals surface area contributed by atoms with E-state index in [1.165, 1.54) is 11.0 Å². The molecule has 5 aromatic rings. The molecule has 1 saturated heterocycles. The predicted molar refractivity (Wildman–Crippen MR) is 159 cm³/mol. The lowest BCUT2D eigenvalue weighted by Gasteiger charge is -2.36. The lowest BCUT2D eigenvalue weighted by molar-refractivity contribution is 0.245. The number of aromatic nitrogens is 3. The van der Waals surface area contributed by atoms with E-state index in [9.17, 15) is 4.79 Å². The number of fused-ring (bicyclic) bond motifs is 3. The van der Waals surface area contributed by atoms with Crippen molar-refractivity contribution in [3.8, 4) is 11.5 Å². The van der Waals surface area contributed by atoms with E-state index >= 15 is 0 Å². The molecule has 3 heterocycles. The van der Waals surface area contributed by atoms with E-state index in [1.807, 2.05) is 55.5 Å². The van der Waals surface area contributed by atoms with Crippen molar-refractivity contribution in [1.82, 2.24) is 19.5 Å². The van der Waals surface area contributed by atoms with Crippen molar-refractivity contribution in [3.63, 3.8) is 0 Å². The Morgan fingerprint density at radius 3 is 2.58 bits per heavy atom. The first-order chi connectivity index (χ1) is 19.5. The lowest BCUT2D eigenvalue weighted by Crippen LogP contribution is -2.46. The molecule has 2 aromatic heterocycles. The van der Waals surface area contributed by atoms with Crippen LogP contribution in [-0.4, -0.2) is 66.2 Å². The molecule has 1 N–H and O–H groups in total. The molecular weight excluding hydrogens is 504 g/mol. The quantitative estimate of drug-likeness (QED) is 0.310.